The van der Waals surface area contributed by atoms with Gasteiger partial charge in [-0.1, -0.05) is 48.5 Å². The van der Waals surface area contributed by atoms with Crippen LogP contribution < -0.4 is 4.72 Å². The SMILES string of the molecule is CC(O)c1ccccc1-c1ccc2nc(/C=C/c3ccc(NS(C)=O)cc3)[nH]c2c1. The Hall–Kier alpha value is -3.22. The van der Waals surface area contributed by atoms with Crippen molar-refractivity contribution in [1.82, 2.24) is 9.97 Å². The minimum atomic E-state index is -1.08. The first kappa shape index (κ1) is 20.1. The predicted octanol–water partition coefficient (Wildman–Crippen LogP) is 5.16. The number of H-pyrrole nitrogens is 1. The van der Waals surface area contributed by atoms with E-state index in [-0.39, 0.29) is 0 Å². The van der Waals surface area contributed by atoms with E-state index >= 15 is 0 Å². The molecule has 0 radical (unpaired) electrons. The van der Waals surface area contributed by atoms with E-state index in [9.17, 15) is 9.32 Å². The minimum Gasteiger partial charge on any atom is -0.389 e. The van der Waals surface area contributed by atoms with Gasteiger partial charge in [0, 0.05) is 11.9 Å². The van der Waals surface area contributed by atoms with Crippen molar-refractivity contribution >= 4 is 39.9 Å². The third-order valence-electron chi connectivity index (χ3n) is 4.83. The summed E-state index contributed by atoms with van der Waals surface area (Å²) in [6.45, 7) is 1.78. The smallest absolute Gasteiger partial charge is 0.131 e. The number of nitrogens with one attached hydrogen (secondary N) is 2. The number of aliphatic hydroxyl groups is 1. The van der Waals surface area contributed by atoms with Crippen molar-refractivity contribution in [2.24, 2.45) is 0 Å². The van der Waals surface area contributed by atoms with E-state index in [1.54, 1.807) is 13.2 Å². The topological polar surface area (TPSA) is 78.0 Å². The zero-order valence-corrected chi connectivity index (χ0v) is 17.6. The van der Waals surface area contributed by atoms with Crippen molar-refractivity contribution in [3.05, 3.63) is 83.7 Å². The van der Waals surface area contributed by atoms with Gasteiger partial charge >= 0.3 is 0 Å². The fourth-order valence-corrected chi connectivity index (χ4v) is 3.87. The summed E-state index contributed by atoms with van der Waals surface area (Å²) in [5, 5.41) is 10.1. The molecular weight excluding hydrogens is 394 g/mol. The number of aliphatic hydroxyl groups excluding tert-OH is 1. The lowest BCUT2D eigenvalue weighted by molar-refractivity contribution is 0.200. The zero-order valence-electron chi connectivity index (χ0n) is 16.8. The van der Waals surface area contributed by atoms with Gasteiger partial charge in [0.1, 0.15) is 16.8 Å². The summed E-state index contributed by atoms with van der Waals surface area (Å²) in [4.78, 5) is 7.98. The highest BCUT2D eigenvalue weighted by molar-refractivity contribution is 7.85. The number of benzene rings is 3. The summed E-state index contributed by atoms with van der Waals surface area (Å²) in [6, 6.07) is 21.7. The fourth-order valence-electron chi connectivity index (χ4n) is 3.40. The first-order chi connectivity index (χ1) is 14.5. The van der Waals surface area contributed by atoms with Crippen molar-refractivity contribution in [3.63, 3.8) is 0 Å². The van der Waals surface area contributed by atoms with Crippen LogP contribution in [0.25, 0.3) is 34.3 Å². The average Bonchev–Trinajstić information content (AvgIpc) is 3.15. The van der Waals surface area contributed by atoms with Crippen LogP contribution in [0.3, 0.4) is 0 Å². The summed E-state index contributed by atoms with van der Waals surface area (Å²) in [5.74, 6) is 0.767. The molecule has 0 aliphatic rings. The van der Waals surface area contributed by atoms with Crippen LogP contribution in [0.1, 0.15) is 30.0 Å². The second-order valence-corrected chi connectivity index (χ2v) is 8.24. The number of aromatic nitrogens is 2. The van der Waals surface area contributed by atoms with Gasteiger partial charge in [0.15, 0.2) is 0 Å². The van der Waals surface area contributed by atoms with Crippen LogP contribution in [0, 0.1) is 0 Å². The summed E-state index contributed by atoms with van der Waals surface area (Å²) >= 11 is 0. The van der Waals surface area contributed by atoms with E-state index in [1.165, 1.54) is 0 Å². The lowest BCUT2D eigenvalue weighted by Gasteiger charge is -2.11. The van der Waals surface area contributed by atoms with Gasteiger partial charge in [-0.25, -0.2) is 9.19 Å². The van der Waals surface area contributed by atoms with Crippen molar-refractivity contribution < 1.29 is 9.32 Å². The molecule has 1 heterocycles. The van der Waals surface area contributed by atoms with Gasteiger partial charge in [0.05, 0.1) is 17.1 Å². The Kier molecular flexibility index (Phi) is 5.79. The molecule has 3 aromatic carbocycles. The largest absolute Gasteiger partial charge is 0.389 e. The number of fused-ring (bicyclic) bond motifs is 1. The molecular formula is C24H23N3O2S. The molecule has 1 aromatic heterocycles. The van der Waals surface area contributed by atoms with E-state index in [4.69, 9.17) is 0 Å². The van der Waals surface area contributed by atoms with E-state index in [2.05, 4.69) is 20.8 Å². The third kappa shape index (κ3) is 4.50. The number of hydrogen-bond acceptors (Lipinski definition) is 3. The molecule has 6 heteroatoms. The number of anilines is 1. The van der Waals surface area contributed by atoms with Gasteiger partial charge in [0.25, 0.3) is 0 Å². The van der Waals surface area contributed by atoms with E-state index in [1.807, 2.05) is 72.8 Å². The van der Waals surface area contributed by atoms with E-state index in [0.29, 0.717) is 0 Å². The van der Waals surface area contributed by atoms with Crippen LogP contribution in [-0.2, 0) is 11.0 Å². The highest BCUT2D eigenvalue weighted by Crippen LogP contribution is 2.30. The molecule has 30 heavy (non-hydrogen) atoms. The number of aromatic amines is 1. The standard InChI is InChI=1S/C24H23N3O2S/c1-16(28)20-5-3-4-6-21(20)18-10-13-22-23(15-18)26-24(25-22)14-9-17-7-11-19(12-8-17)27-30(2)29/h3-16,27-28H,1-2H3,(H,25,26)/b14-9+. The third-order valence-corrected chi connectivity index (χ3v) is 5.35. The molecule has 4 rings (SSSR count). The zero-order chi connectivity index (χ0) is 21.1. The highest BCUT2D eigenvalue weighted by atomic mass is 32.2. The average molecular weight is 418 g/mol. The molecule has 3 N–H and O–H groups in total. The molecule has 2 unspecified atom stereocenters. The minimum absolute atomic E-state index is 0.531. The van der Waals surface area contributed by atoms with Crippen LogP contribution in [0.15, 0.2) is 66.7 Å². The van der Waals surface area contributed by atoms with Gasteiger partial charge in [-0.15, -0.1) is 0 Å². The second kappa shape index (κ2) is 8.65. The Morgan fingerprint density at radius 1 is 1.07 bits per heavy atom. The maximum absolute atomic E-state index is 11.2. The fraction of sp³-hybridized carbons (Fsp3) is 0.125. The normalized spacial score (nSPS) is 13.6. The Balaban J connectivity index is 1.59. The summed E-state index contributed by atoms with van der Waals surface area (Å²) in [7, 11) is -1.08. The Bertz CT molecular complexity index is 1230. The maximum atomic E-state index is 11.2. The summed E-state index contributed by atoms with van der Waals surface area (Å²) in [5.41, 5.74) is 6.63. The van der Waals surface area contributed by atoms with Gasteiger partial charge in [-0.2, -0.15) is 0 Å². The van der Waals surface area contributed by atoms with Gasteiger partial charge in [-0.05, 0) is 59.5 Å². The van der Waals surface area contributed by atoms with Crippen molar-refractivity contribution in [2.75, 3.05) is 11.0 Å². The first-order valence-electron chi connectivity index (χ1n) is 9.65. The van der Waals surface area contributed by atoms with Crippen LogP contribution in [-0.4, -0.2) is 25.5 Å². The van der Waals surface area contributed by atoms with Crippen LogP contribution in [0.2, 0.25) is 0 Å². The summed E-state index contributed by atoms with van der Waals surface area (Å²) in [6.07, 6.45) is 4.98. The molecule has 0 amide bonds. The van der Waals surface area contributed by atoms with Gasteiger partial charge in [0.2, 0.25) is 0 Å². The van der Waals surface area contributed by atoms with Crippen molar-refractivity contribution in [2.45, 2.75) is 13.0 Å². The van der Waals surface area contributed by atoms with Crippen LogP contribution in [0.5, 0.6) is 0 Å². The predicted molar refractivity (Wildman–Crippen MR) is 125 cm³/mol. The molecule has 0 bridgehead atoms. The van der Waals surface area contributed by atoms with Crippen LogP contribution in [0.4, 0.5) is 5.69 Å². The molecule has 0 spiro atoms. The molecule has 0 aliphatic carbocycles. The monoisotopic (exact) mass is 417 g/mol. The molecule has 5 nitrogen and oxygen atoms in total. The maximum Gasteiger partial charge on any atom is 0.131 e. The molecule has 152 valence electrons. The molecule has 0 aliphatic heterocycles. The quantitative estimate of drug-likeness (QED) is 0.405. The number of nitrogens with zero attached hydrogens (tertiary/aromatic N) is 1. The number of hydrogen-bond donors (Lipinski definition) is 3. The van der Waals surface area contributed by atoms with E-state index in [0.717, 1.165) is 44.8 Å². The van der Waals surface area contributed by atoms with Crippen molar-refractivity contribution in [3.8, 4) is 11.1 Å². The lowest BCUT2D eigenvalue weighted by Crippen LogP contribution is -2.00. The molecule has 2 atom stereocenters. The summed E-state index contributed by atoms with van der Waals surface area (Å²) < 4.78 is 14.1. The van der Waals surface area contributed by atoms with E-state index < -0.39 is 17.1 Å². The molecule has 0 saturated carbocycles. The van der Waals surface area contributed by atoms with Crippen molar-refractivity contribution in [1.29, 1.82) is 0 Å². The lowest BCUT2D eigenvalue weighted by atomic mass is 9.96. The van der Waals surface area contributed by atoms with Gasteiger partial charge in [-0.3, -0.25) is 0 Å². The first-order valence-corrected chi connectivity index (χ1v) is 11.2. The highest BCUT2D eigenvalue weighted by Gasteiger charge is 2.10. The Labute approximate surface area is 178 Å². The number of rotatable bonds is 6. The van der Waals surface area contributed by atoms with Crippen LogP contribution >= 0.6 is 0 Å². The molecule has 4 aromatic rings. The molecule has 0 saturated heterocycles. The Morgan fingerprint density at radius 2 is 1.83 bits per heavy atom. The number of imidazole rings is 1. The molecule has 0 fully saturated rings. The van der Waals surface area contributed by atoms with Gasteiger partial charge < -0.3 is 14.8 Å². The second-order valence-electron chi connectivity index (χ2n) is 7.13. The Morgan fingerprint density at radius 3 is 2.57 bits per heavy atom.